The lowest BCUT2D eigenvalue weighted by Gasteiger charge is -1.98. The van der Waals surface area contributed by atoms with E-state index in [1.807, 2.05) is 0 Å². The second-order valence-electron chi connectivity index (χ2n) is 2.47. The van der Waals surface area contributed by atoms with E-state index in [9.17, 15) is 9.59 Å². The van der Waals surface area contributed by atoms with Gasteiger partial charge in [-0.2, -0.15) is 0 Å². The monoisotopic (exact) mass is 252 g/mol. The number of hydrogen-bond acceptors (Lipinski definition) is 6. The number of methoxy groups -OCH3 is 2. The largest absolute Gasteiger partial charge is 0.466 e. The van der Waals surface area contributed by atoms with Crippen molar-refractivity contribution in [3.05, 3.63) is 44.4 Å². The highest BCUT2D eigenvalue weighted by atomic mass is 16.5. The summed E-state index contributed by atoms with van der Waals surface area (Å²) in [4.78, 5) is 27.0. The smallest absolute Gasteiger partial charge is 0.340 e. The zero-order valence-corrected chi connectivity index (χ0v) is 9.47. The first-order valence-corrected chi connectivity index (χ1v) is 4.29. The summed E-state index contributed by atoms with van der Waals surface area (Å²) in [5, 5.41) is 6.10. The van der Waals surface area contributed by atoms with Gasteiger partial charge in [0, 0.05) is 9.82 Å². The van der Waals surface area contributed by atoms with Crippen molar-refractivity contribution in [1.82, 2.24) is 0 Å². The van der Waals surface area contributed by atoms with E-state index >= 15 is 0 Å². The van der Waals surface area contributed by atoms with Crippen molar-refractivity contribution in [1.29, 1.82) is 0 Å². The molecule has 0 aromatic rings. The maximum atomic E-state index is 11.1. The summed E-state index contributed by atoms with van der Waals surface area (Å²) in [5.41, 5.74) is 15.6. The van der Waals surface area contributed by atoms with Crippen LogP contribution >= 0.6 is 0 Å². The molecule has 0 aromatic heterocycles. The SMILES string of the molecule is COC(=O)/C(=C/C=C(\N=[N+]=[N-])C(=O)OC)N=[N+]=[N-]. The van der Waals surface area contributed by atoms with Gasteiger partial charge in [-0.1, -0.05) is 10.2 Å². The van der Waals surface area contributed by atoms with Crippen LogP contribution in [-0.2, 0) is 19.1 Å². The Morgan fingerprint density at radius 3 is 1.50 bits per heavy atom. The first-order chi connectivity index (χ1) is 8.60. The molecule has 0 heterocycles. The molecule has 0 amide bonds. The second kappa shape index (κ2) is 8.22. The molecule has 10 heteroatoms. The molecule has 0 N–H and O–H groups in total. The lowest BCUT2D eigenvalue weighted by Crippen LogP contribution is -2.03. The summed E-state index contributed by atoms with van der Waals surface area (Å²) < 4.78 is 8.65. The third-order valence-electron chi connectivity index (χ3n) is 1.49. The zero-order valence-electron chi connectivity index (χ0n) is 9.47. The number of hydrogen-bond donors (Lipinski definition) is 0. The molecule has 94 valence electrons. The van der Waals surface area contributed by atoms with Crippen LogP contribution in [0.5, 0.6) is 0 Å². The fraction of sp³-hybridized carbons (Fsp3) is 0.250. The molecule has 0 spiro atoms. The average molecular weight is 252 g/mol. The van der Waals surface area contributed by atoms with Crippen molar-refractivity contribution in [3.63, 3.8) is 0 Å². The molecule has 0 rings (SSSR count). The highest BCUT2D eigenvalue weighted by Gasteiger charge is 2.09. The number of nitrogens with zero attached hydrogens (tertiary/aromatic N) is 6. The van der Waals surface area contributed by atoms with E-state index in [0.29, 0.717) is 0 Å². The zero-order chi connectivity index (χ0) is 14.0. The number of allylic oxidation sites excluding steroid dienone is 2. The van der Waals surface area contributed by atoms with Crippen LogP contribution in [0.3, 0.4) is 0 Å². The van der Waals surface area contributed by atoms with Gasteiger partial charge in [0.25, 0.3) is 0 Å². The maximum Gasteiger partial charge on any atom is 0.340 e. The van der Waals surface area contributed by atoms with Gasteiger partial charge in [0.05, 0.1) is 14.2 Å². The Balaban J connectivity index is 5.44. The maximum absolute atomic E-state index is 11.1. The van der Waals surface area contributed by atoms with Gasteiger partial charge in [-0.15, -0.1) is 0 Å². The van der Waals surface area contributed by atoms with Crippen molar-refractivity contribution < 1.29 is 19.1 Å². The molecule has 0 fully saturated rings. The number of carbonyl (C=O) groups excluding carboxylic acids is 2. The fourth-order valence-electron chi connectivity index (χ4n) is 0.748. The minimum absolute atomic E-state index is 0.408. The van der Waals surface area contributed by atoms with Crippen LogP contribution in [0.25, 0.3) is 20.9 Å². The number of carbonyl (C=O) groups is 2. The Bertz CT molecular complexity index is 450. The number of azide groups is 2. The predicted octanol–water partition coefficient (Wildman–Crippen LogP) is 1.72. The Morgan fingerprint density at radius 1 is 0.944 bits per heavy atom. The van der Waals surface area contributed by atoms with Crippen molar-refractivity contribution in [2.45, 2.75) is 0 Å². The third-order valence-corrected chi connectivity index (χ3v) is 1.49. The molecule has 0 aliphatic carbocycles. The molecule has 0 bridgehead atoms. The van der Waals surface area contributed by atoms with Gasteiger partial charge in [-0.25, -0.2) is 9.59 Å². The lowest BCUT2D eigenvalue weighted by atomic mass is 10.3. The van der Waals surface area contributed by atoms with Crippen LogP contribution in [0.1, 0.15) is 0 Å². The third kappa shape index (κ3) is 4.71. The van der Waals surface area contributed by atoms with Gasteiger partial charge in [-0.3, -0.25) is 0 Å². The van der Waals surface area contributed by atoms with Crippen molar-refractivity contribution in [2.24, 2.45) is 10.2 Å². The summed E-state index contributed by atoms with van der Waals surface area (Å²) in [6.07, 6.45) is 1.93. The van der Waals surface area contributed by atoms with E-state index in [1.54, 1.807) is 0 Å². The van der Waals surface area contributed by atoms with Crippen molar-refractivity contribution >= 4 is 11.9 Å². The van der Waals surface area contributed by atoms with E-state index < -0.39 is 23.3 Å². The van der Waals surface area contributed by atoms with Gasteiger partial charge in [-0.05, 0) is 23.2 Å². The standard InChI is InChI=1S/C8H8N6O4/c1-17-7(15)5(11-13-9)3-4-6(12-14-10)8(16)18-2/h3-4H,1-2H3/b5-3-,6-4-. The Kier molecular flexibility index (Phi) is 6.87. The van der Waals surface area contributed by atoms with Gasteiger partial charge < -0.3 is 9.47 Å². The first kappa shape index (κ1) is 15.0. The fourth-order valence-corrected chi connectivity index (χ4v) is 0.748. The summed E-state index contributed by atoms with van der Waals surface area (Å²) in [6.45, 7) is 0. The van der Waals surface area contributed by atoms with Crippen molar-refractivity contribution in [3.8, 4) is 0 Å². The van der Waals surface area contributed by atoms with Crippen LogP contribution in [0.2, 0.25) is 0 Å². The van der Waals surface area contributed by atoms with Crippen LogP contribution in [-0.4, -0.2) is 26.2 Å². The molecule has 0 aliphatic heterocycles. The molecule has 0 unspecified atom stereocenters. The summed E-state index contributed by atoms with van der Waals surface area (Å²) in [6, 6.07) is 0. The molecule has 0 radical (unpaired) electrons. The molecule has 0 aliphatic rings. The van der Waals surface area contributed by atoms with Crippen LogP contribution in [0, 0.1) is 0 Å². The second-order valence-corrected chi connectivity index (χ2v) is 2.47. The van der Waals surface area contributed by atoms with Gasteiger partial charge in [0.1, 0.15) is 11.4 Å². The molecule has 0 aromatic carbocycles. The summed E-state index contributed by atoms with van der Waals surface area (Å²) >= 11 is 0. The van der Waals surface area contributed by atoms with Crippen LogP contribution in [0.4, 0.5) is 0 Å². The Hall–Kier alpha value is -2.96. The number of ether oxygens (including phenoxy) is 2. The van der Waals surface area contributed by atoms with Gasteiger partial charge in [0.15, 0.2) is 0 Å². The van der Waals surface area contributed by atoms with E-state index in [1.165, 1.54) is 0 Å². The lowest BCUT2D eigenvalue weighted by molar-refractivity contribution is -0.137. The highest BCUT2D eigenvalue weighted by Crippen LogP contribution is 2.05. The highest BCUT2D eigenvalue weighted by molar-refractivity contribution is 5.90. The Labute approximate surface area is 101 Å². The minimum atomic E-state index is -0.908. The molecule has 0 saturated heterocycles. The van der Waals surface area contributed by atoms with E-state index in [-0.39, 0.29) is 0 Å². The van der Waals surface area contributed by atoms with Gasteiger partial charge in [0.2, 0.25) is 0 Å². The Morgan fingerprint density at radius 2 is 1.28 bits per heavy atom. The van der Waals surface area contributed by atoms with Crippen molar-refractivity contribution in [2.75, 3.05) is 14.2 Å². The predicted molar refractivity (Wildman–Crippen MR) is 58.5 cm³/mol. The van der Waals surface area contributed by atoms with Crippen LogP contribution in [0.15, 0.2) is 33.8 Å². The molecular formula is C8H8N6O4. The minimum Gasteiger partial charge on any atom is -0.466 e. The molecule has 18 heavy (non-hydrogen) atoms. The number of esters is 2. The van der Waals surface area contributed by atoms with Gasteiger partial charge >= 0.3 is 11.9 Å². The number of rotatable bonds is 5. The van der Waals surface area contributed by atoms with E-state index in [2.05, 4.69) is 29.5 Å². The molecule has 0 atom stereocenters. The van der Waals surface area contributed by atoms with E-state index in [4.69, 9.17) is 11.1 Å². The topological polar surface area (TPSA) is 150 Å². The van der Waals surface area contributed by atoms with Crippen LogP contribution < -0.4 is 0 Å². The average Bonchev–Trinajstić information content (AvgIpc) is 2.40. The van der Waals surface area contributed by atoms with E-state index in [0.717, 1.165) is 26.4 Å². The summed E-state index contributed by atoms with van der Waals surface area (Å²) in [5.74, 6) is -1.82. The summed E-state index contributed by atoms with van der Waals surface area (Å²) in [7, 11) is 2.17. The first-order valence-electron chi connectivity index (χ1n) is 4.29. The molecular weight excluding hydrogens is 244 g/mol. The normalized spacial score (nSPS) is 10.8. The molecule has 10 nitrogen and oxygen atoms in total. The quantitative estimate of drug-likeness (QED) is 0.182. The molecule has 0 saturated carbocycles.